The summed E-state index contributed by atoms with van der Waals surface area (Å²) in [6.07, 6.45) is 2.54. The van der Waals surface area contributed by atoms with Gasteiger partial charge in [0.2, 0.25) is 0 Å². The lowest BCUT2D eigenvalue weighted by Crippen LogP contribution is -1.94. The summed E-state index contributed by atoms with van der Waals surface area (Å²) in [6.45, 7) is 3.32. The molecule has 0 radical (unpaired) electrons. The van der Waals surface area contributed by atoms with Crippen molar-refractivity contribution in [3.05, 3.63) is 34.3 Å². The van der Waals surface area contributed by atoms with Gasteiger partial charge in [-0.3, -0.25) is 0 Å². The van der Waals surface area contributed by atoms with Crippen LogP contribution in [0.25, 0.3) is 0 Å². The lowest BCUT2D eigenvalue weighted by atomic mass is 10.0. The maximum absolute atomic E-state index is 12.8. The Kier molecular flexibility index (Phi) is 2.49. The van der Waals surface area contributed by atoms with Crippen LogP contribution in [-0.4, -0.2) is 5.11 Å². The van der Waals surface area contributed by atoms with Gasteiger partial charge in [-0.1, -0.05) is 22.5 Å². The number of hydrogen-bond acceptors (Lipinski definition) is 1. The quantitative estimate of drug-likeness (QED) is 0.670. The molecule has 11 heavy (non-hydrogen) atoms. The maximum Gasteiger partial charge on any atom is 0.133 e. The second kappa shape index (κ2) is 3.22. The molecule has 0 unspecified atom stereocenters. The van der Waals surface area contributed by atoms with E-state index in [-0.39, 0.29) is 11.6 Å². The molecule has 0 saturated heterocycles. The Morgan fingerprint density at radius 3 is 2.73 bits per heavy atom. The predicted molar refractivity (Wildman–Crippen MR) is 46.1 cm³/mol. The molecular formula is C8H8BrFO. The van der Waals surface area contributed by atoms with Crippen molar-refractivity contribution in [2.75, 3.05) is 0 Å². The zero-order valence-corrected chi connectivity index (χ0v) is 7.49. The number of aliphatic hydroxyl groups is 1. The first-order chi connectivity index (χ1) is 5.11. The van der Waals surface area contributed by atoms with Gasteiger partial charge in [-0.25, -0.2) is 4.39 Å². The van der Waals surface area contributed by atoms with Gasteiger partial charge in [0.1, 0.15) is 11.6 Å². The van der Waals surface area contributed by atoms with Crippen LogP contribution in [-0.2, 0) is 0 Å². The van der Waals surface area contributed by atoms with Crippen LogP contribution in [0.5, 0.6) is 0 Å². The van der Waals surface area contributed by atoms with Crippen LogP contribution >= 0.6 is 15.9 Å². The third kappa shape index (κ3) is 1.93. The molecule has 0 saturated carbocycles. The normalized spacial score (nSPS) is 18.2. The third-order valence-corrected chi connectivity index (χ3v) is 2.32. The maximum atomic E-state index is 12.8. The van der Waals surface area contributed by atoms with Crippen LogP contribution in [0, 0.1) is 0 Å². The molecule has 0 aliphatic heterocycles. The predicted octanol–water partition coefficient (Wildman–Crippen LogP) is 3.35. The van der Waals surface area contributed by atoms with E-state index >= 15 is 0 Å². The van der Waals surface area contributed by atoms with Crippen molar-refractivity contribution in [1.82, 2.24) is 0 Å². The summed E-state index contributed by atoms with van der Waals surface area (Å²) >= 11 is 3.08. The number of allylic oxidation sites excluding steroid dienone is 4. The first kappa shape index (κ1) is 8.53. The Labute approximate surface area is 73.0 Å². The summed E-state index contributed by atoms with van der Waals surface area (Å²) in [5, 5.41) is 8.91. The van der Waals surface area contributed by atoms with Gasteiger partial charge in [-0.15, -0.1) is 0 Å². The molecule has 0 atom stereocenters. The number of hydrogen-bond donors (Lipinski definition) is 1. The van der Waals surface area contributed by atoms with E-state index in [1.54, 1.807) is 0 Å². The Hall–Kier alpha value is -0.570. The van der Waals surface area contributed by atoms with Crippen molar-refractivity contribution in [1.29, 1.82) is 0 Å². The van der Waals surface area contributed by atoms with E-state index in [9.17, 15) is 4.39 Å². The number of aliphatic hydroxyl groups excluding tert-OH is 1. The zero-order valence-electron chi connectivity index (χ0n) is 5.90. The van der Waals surface area contributed by atoms with E-state index in [0.717, 1.165) is 0 Å². The summed E-state index contributed by atoms with van der Waals surface area (Å²) in [5.74, 6) is -0.360. The van der Waals surface area contributed by atoms with Crippen molar-refractivity contribution >= 4 is 15.9 Å². The fourth-order valence-corrected chi connectivity index (χ4v) is 1.21. The molecule has 0 amide bonds. The fraction of sp³-hybridized carbons (Fsp3) is 0.250. The van der Waals surface area contributed by atoms with Gasteiger partial charge >= 0.3 is 0 Å². The smallest absolute Gasteiger partial charge is 0.133 e. The third-order valence-electron chi connectivity index (χ3n) is 1.54. The van der Waals surface area contributed by atoms with Crippen LogP contribution in [0.15, 0.2) is 34.3 Å². The minimum absolute atomic E-state index is 0.0415. The highest BCUT2D eigenvalue weighted by Gasteiger charge is 2.12. The van der Waals surface area contributed by atoms with E-state index in [1.165, 1.54) is 6.08 Å². The molecule has 0 aromatic carbocycles. The van der Waals surface area contributed by atoms with Crippen molar-refractivity contribution in [3.8, 4) is 0 Å². The van der Waals surface area contributed by atoms with Gasteiger partial charge < -0.3 is 5.11 Å². The Morgan fingerprint density at radius 1 is 1.64 bits per heavy atom. The van der Waals surface area contributed by atoms with Gasteiger partial charge in [0.05, 0.1) is 0 Å². The molecule has 0 bridgehead atoms. The topological polar surface area (TPSA) is 20.2 Å². The fourth-order valence-electron chi connectivity index (χ4n) is 0.895. The van der Waals surface area contributed by atoms with Gasteiger partial charge in [0, 0.05) is 4.48 Å². The molecule has 1 nitrogen and oxygen atoms in total. The van der Waals surface area contributed by atoms with Crippen molar-refractivity contribution in [2.24, 2.45) is 0 Å². The molecule has 1 aliphatic carbocycles. The average Bonchev–Trinajstić information content (AvgIpc) is 1.94. The summed E-state index contributed by atoms with van der Waals surface area (Å²) in [6, 6.07) is 0. The molecule has 1 rings (SSSR count). The first-order valence-corrected chi connectivity index (χ1v) is 4.03. The SMILES string of the molecule is C=C(O)C1=CC(F)=C(Br)CC1. The van der Waals surface area contributed by atoms with Crippen molar-refractivity contribution in [2.45, 2.75) is 12.8 Å². The van der Waals surface area contributed by atoms with Gasteiger partial charge in [-0.2, -0.15) is 0 Å². The highest BCUT2D eigenvalue weighted by atomic mass is 79.9. The molecule has 3 heteroatoms. The van der Waals surface area contributed by atoms with Crippen LogP contribution in [0.2, 0.25) is 0 Å². The summed E-state index contributed by atoms with van der Waals surface area (Å²) in [5.41, 5.74) is 0.575. The van der Waals surface area contributed by atoms with E-state index in [0.29, 0.717) is 22.9 Å². The highest BCUT2D eigenvalue weighted by molar-refractivity contribution is 9.11. The van der Waals surface area contributed by atoms with Gasteiger partial charge in [0.25, 0.3) is 0 Å². The minimum Gasteiger partial charge on any atom is -0.508 e. The molecule has 1 aliphatic rings. The van der Waals surface area contributed by atoms with E-state index in [2.05, 4.69) is 22.5 Å². The van der Waals surface area contributed by atoms with Crippen LogP contribution < -0.4 is 0 Å². The molecule has 0 fully saturated rings. The standard InChI is InChI=1S/C8H8BrFO/c1-5(11)6-2-3-7(9)8(10)4-6/h4,11H,1-3H2. The molecule has 0 heterocycles. The average molecular weight is 219 g/mol. The van der Waals surface area contributed by atoms with E-state index < -0.39 is 0 Å². The Morgan fingerprint density at radius 2 is 2.27 bits per heavy atom. The number of rotatable bonds is 1. The largest absolute Gasteiger partial charge is 0.508 e. The Bertz CT molecular complexity index is 253. The molecule has 0 aromatic heterocycles. The van der Waals surface area contributed by atoms with Crippen LogP contribution in [0.4, 0.5) is 4.39 Å². The van der Waals surface area contributed by atoms with Crippen LogP contribution in [0.1, 0.15) is 12.8 Å². The van der Waals surface area contributed by atoms with Gasteiger partial charge in [0.15, 0.2) is 0 Å². The molecule has 0 spiro atoms. The molecule has 60 valence electrons. The summed E-state index contributed by atoms with van der Waals surface area (Å²) in [7, 11) is 0. The minimum atomic E-state index is -0.318. The Balaban J connectivity index is 2.89. The van der Waals surface area contributed by atoms with E-state index in [1.807, 2.05) is 0 Å². The molecular weight excluding hydrogens is 211 g/mol. The second-order valence-electron chi connectivity index (χ2n) is 2.37. The number of halogens is 2. The van der Waals surface area contributed by atoms with Crippen LogP contribution in [0.3, 0.4) is 0 Å². The molecule has 0 aromatic rings. The first-order valence-electron chi connectivity index (χ1n) is 3.24. The van der Waals surface area contributed by atoms with Crippen molar-refractivity contribution in [3.63, 3.8) is 0 Å². The summed E-state index contributed by atoms with van der Waals surface area (Å²) < 4.78 is 13.3. The highest BCUT2D eigenvalue weighted by Crippen LogP contribution is 2.30. The molecule has 1 N–H and O–H groups in total. The lowest BCUT2D eigenvalue weighted by molar-refractivity contribution is 0.420. The second-order valence-corrected chi connectivity index (χ2v) is 3.33. The summed E-state index contributed by atoms with van der Waals surface area (Å²) in [4.78, 5) is 0. The van der Waals surface area contributed by atoms with Crippen molar-refractivity contribution < 1.29 is 9.50 Å². The monoisotopic (exact) mass is 218 g/mol. The van der Waals surface area contributed by atoms with E-state index in [4.69, 9.17) is 5.11 Å². The zero-order chi connectivity index (χ0) is 8.43. The lowest BCUT2D eigenvalue weighted by Gasteiger charge is -2.10. The van der Waals surface area contributed by atoms with Gasteiger partial charge in [-0.05, 0) is 24.5 Å².